The molecule has 0 spiro atoms. The molecule has 0 atom stereocenters. The van der Waals surface area contributed by atoms with Crippen LogP contribution in [0.3, 0.4) is 0 Å². The third-order valence-corrected chi connectivity index (χ3v) is 3.57. The minimum atomic E-state index is -0.135. The fraction of sp³-hybridized carbons (Fsp3) is 0.444. The van der Waals surface area contributed by atoms with E-state index in [1.165, 1.54) is 0 Å². The summed E-state index contributed by atoms with van der Waals surface area (Å²) in [7, 11) is 3.51. The molecule has 2 aromatic rings. The summed E-state index contributed by atoms with van der Waals surface area (Å²) in [5, 5.41) is 7.01. The zero-order chi connectivity index (χ0) is 18.1. The van der Waals surface area contributed by atoms with E-state index >= 15 is 0 Å². The third-order valence-electron chi connectivity index (χ3n) is 3.57. The fourth-order valence-corrected chi connectivity index (χ4v) is 2.39. The second-order valence-electron chi connectivity index (χ2n) is 5.62. The standard InChI is InChI=1S/C18H26N4O3/c1-4-19-18(21-12-17(23)20-9-10-24-3)22(2)13-15-11-14-7-5-6-8-16(14)25-15/h5-8,11H,4,9-10,12-13H2,1-3H3,(H,19,21)(H,20,23). The van der Waals surface area contributed by atoms with E-state index in [1.54, 1.807) is 7.11 Å². The highest BCUT2D eigenvalue weighted by Crippen LogP contribution is 2.19. The van der Waals surface area contributed by atoms with Crippen molar-refractivity contribution in [2.24, 2.45) is 4.99 Å². The van der Waals surface area contributed by atoms with Crippen LogP contribution in [0.15, 0.2) is 39.7 Å². The quantitative estimate of drug-likeness (QED) is 0.431. The molecule has 1 aromatic carbocycles. The number of guanidine groups is 1. The smallest absolute Gasteiger partial charge is 0.241 e. The van der Waals surface area contributed by atoms with Gasteiger partial charge in [-0.3, -0.25) is 4.79 Å². The number of benzene rings is 1. The molecule has 1 heterocycles. The Labute approximate surface area is 148 Å². The number of nitrogens with zero attached hydrogens (tertiary/aromatic N) is 2. The number of nitrogens with one attached hydrogen (secondary N) is 2. The Balaban J connectivity index is 1.97. The van der Waals surface area contributed by atoms with Gasteiger partial charge in [-0.05, 0) is 19.1 Å². The molecule has 1 amide bonds. The van der Waals surface area contributed by atoms with Crippen LogP contribution >= 0.6 is 0 Å². The number of para-hydroxylation sites is 1. The van der Waals surface area contributed by atoms with Crippen molar-refractivity contribution in [3.8, 4) is 0 Å². The van der Waals surface area contributed by atoms with E-state index in [9.17, 15) is 4.79 Å². The zero-order valence-corrected chi connectivity index (χ0v) is 15.0. The van der Waals surface area contributed by atoms with Crippen LogP contribution in [0, 0.1) is 0 Å². The van der Waals surface area contributed by atoms with Crippen LogP contribution in [0.5, 0.6) is 0 Å². The molecule has 2 rings (SSSR count). The minimum absolute atomic E-state index is 0.0660. The van der Waals surface area contributed by atoms with Gasteiger partial charge >= 0.3 is 0 Å². The molecule has 0 saturated carbocycles. The Morgan fingerprint density at radius 1 is 1.32 bits per heavy atom. The monoisotopic (exact) mass is 346 g/mol. The number of amides is 1. The first-order valence-corrected chi connectivity index (χ1v) is 8.36. The van der Waals surface area contributed by atoms with Gasteiger partial charge in [0.25, 0.3) is 0 Å². The molecule has 25 heavy (non-hydrogen) atoms. The number of hydrogen-bond acceptors (Lipinski definition) is 4. The van der Waals surface area contributed by atoms with Gasteiger partial charge in [0, 0.05) is 32.6 Å². The van der Waals surface area contributed by atoms with E-state index in [0.29, 0.717) is 32.2 Å². The van der Waals surface area contributed by atoms with E-state index < -0.39 is 0 Å². The predicted molar refractivity (Wildman–Crippen MR) is 98.5 cm³/mol. The van der Waals surface area contributed by atoms with Gasteiger partial charge in [0.05, 0.1) is 13.2 Å². The molecular formula is C18H26N4O3. The second-order valence-corrected chi connectivity index (χ2v) is 5.62. The van der Waals surface area contributed by atoms with Crippen LogP contribution < -0.4 is 10.6 Å². The summed E-state index contributed by atoms with van der Waals surface area (Å²) in [5.74, 6) is 1.37. The van der Waals surface area contributed by atoms with Crippen molar-refractivity contribution < 1.29 is 13.9 Å². The van der Waals surface area contributed by atoms with Gasteiger partial charge < -0.3 is 24.7 Å². The molecule has 0 aliphatic carbocycles. The average molecular weight is 346 g/mol. The van der Waals surface area contributed by atoms with Gasteiger partial charge in [-0.25, -0.2) is 4.99 Å². The van der Waals surface area contributed by atoms with Crippen LogP contribution in [0.1, 0.15) is 12.7 Å². The Kier molecular flexibility index (Phi) is 7.28. The summed E-state index contributed by atoms with van der Waals surface area (Å²) in [6.07, 6.45) is 0. The van der Waals surface area contributed by atoms with E-state index in [2.05, 4.69) is 15.6 Å². The third kappa shape index (κ3) is 5.79. The molecule has 136 valence electrons. The van der Waals surface area contributed by atoms with Crippen LogP contribution in [-0.2, 0) is 16.1 Å². The summed E-state index contributed by atoms with van der Waals surface area (Å²) in [6.45, 7) is 4.30. The Morgan fingerprint density at radius 2 is 2.12 bits per heavy atom. The van der Waals surface area contributed by atoms with Crippen molar-refractivity contribution >= 4 is 22.8 Å². The Hall–Kier alpha value is -2.54. The largest absolute Gasteiger partial charge is 0.459 e. The number of carbonyl (C=O) groups excluding carboxylic acids is 1. The van der Waals surface area contributed by atoms with Gasteiger partial charge in [0.15, 0.2) is 5.96 Å². The lowest BCUT2D eigenvalue weighted by atomic mass is 10.2. The molecule has 0 saturated heterocycles. The van der Waals surface area contributed by atoms with E-state index in [-0.39, 0.29) is 12.5 Å². The van der Waals surface area contributed by atoms with Gasteiger partial charge in [-0.1, -0.05) is 18.2 Å². The molecule has 0 fully saturated rings. The first-order valence-electron chi connectivity index (χ1n) is 8.36. The lowest BCUT2D eigenvalue weighted by molar-refractivity contribution is -0.119. The highest BCUT2D eigenvalue weighted by atomic mass is 16.5. The highest BCUT2D eigenvalue weighted by molar-refractivity contribution is 5.85. The van der Waals surface area contributed by atoms with Gasteiger partial charge in [0.1, 0.15) is 17.9 Å². The number of hydrogen-bond donors (Lipinski definition) is 2. The fourth-order valence-electron chi connectivity index (χ4n) is 2.39. The second kappa shape index (κ2) is 9.68. The van der Waals surface area contributed by atoms with Crippen molar-refractivity contribution in [2.75, 3.05) is 40.4 Å². The Morgan fingerprint density at radius 3 is 2.84 bits per heavy atom. The number of fused-ring (bicyclic) bond motifs is 1. The Bertz CT molecular complexity index is 678. The van der Waals surface area contributed by atoms with Crippen LogP contribution in [0.4, 0.5) is 0 Å². The molecule has 0 radical (unpaired) electrons. The van der Waals surface area contributed by atoms with Crippen molar-refractivity contribution in [1.82, 2.24) is 15.5 Å². The maximum absolute atomic E-state index is 11.8. The number of ether oxygens (including phenoxy) is 1. The lowest BCUT2D eigenvalue weighted by Gasteiger charge is -2.20. The minimum Gasteiger partial charge on any atom is -0.459 e. The highest BCUT2D eigenvalue weighted by Gasteiger charge is 2.11. The van der Waals surface area contributed by atoms with E-state index in [1.807, 2.05) is 49.2 Å². The summed E-state index contributed by atoms with van der Waals surface area (Å²) in [5.41, 5.74) is 0.866. The average Bonchev–Trinajstić information content (AvgIpc) is 3.00. The lowest BCUT2D eigenvalue weighted by Crippen LogP contribution is -2.39. The molecule has 0 unspecified atom stereocenters. The first-order chi connectivity index (χ1) is 12.1. The summed E-state index contributed by atoms with van der Waals surface area (Å²) < 4.78 is 10.7. The topological polar surface area (TPSA) is 79.1 Å². The van der Waals surface area contributed by atoms with Gasteiger partial charge in [0.2, 0.25) is 5.91 Å². The SMILES string of the molecule is CCNC(=NCC(=O)NCCOC)N(C)Cc1cc2ccccc2o1. The molecule has 7 nitrogen and oxygen atoms in total. The maximum Gasteiger partial charge on any atom is 0.241 e. The molecular weight excluding hydrogens is 320 g/mol. The molecule has 0 bridgehead atoms. The number of furan rings is 1. The predicted octanol–water partition coefficient (Wildman–Crippen LogP) is 1.59. The van der Waals surface area contributed by atoms with Crippen LogP contribution in [-0.4, -0.2) is 57.2 Å². The maximum atomic E-state index is 11.8. The number of aliphatic imine (C=N–C) groups is 1. The number of rotatable bonds is 8. The van der Waals surface area contributed by atoms with Crippen molar-refractivity contribution in [3.05, 3.63) is 36.1 Å². The summed E-state index contributed by atoms with van der Waals surface area (Å²) in [4.78, 5) is 18.1. The van der Waals surface area contributed by atoms with Crippen LogP contribution in [0.2, 0.25) is 0 Å². The molecule has 1 aromatic heterocycles. The summed E-state index contributed by atoms with van der Waals surface area (Å²) >= 11 is 0. The molecule has 0 aliphatic heterocycles. The normalized spacial score (nSPS) is 11.6. The molecule has 7 heteroatoms. The van der Waals surface area contributed by atoms with E-state index in [0.717, 1.165) is 16.7 Å². The zero-order valence-electron chi connectivity index (χ0n) is 15.0. The molecule has 0 aliphatic rings. The number of carbonyl (C=O) groups is 1. The van der Waals surface area contributed by atoms with Crippen LogP contribution in [0.25, 0.3) is 11.0 Å². The van der Waals surface area contributed by atoms with Crippen molar-refractivity contribution in [2.45, 2.75) is 13.5 Å². The summed E-state index contributed by atoms with van der Waals surface area (Å²) in [6, 6.07) is 9.92. The first kappa shape index (κ1) is 18.8. The number of methoxy groups -OCH3 is 1. The molecule has 2 N–H and O–H groups in total. The van der Waals surface area contributed by atoms with E-state index in [4.69, 9.17) is 9.15 Å². The van der Waals surface area contributed by atoms with Gasteiger partial charge in [-0.2, -0.15) is 0 Å². The van der Waals surface area contributed by atoms with Crippen molar-refractivity contribution in [1.29, 1.82) is 0 Å². The van der Waals surface area contributed by atoms with Crippen molar-refractivity contribution in [3.63, 3.8) is 0 Å². The van der Waals surface area contributed by atoms with Gasteiger partial charge in [-0.15, -0.1) is 0 Å².